The van der Waals surface area contributed by atoms with Crippen LogP contribution in [-0.2, 0) is 0 Å². The molecule has 3 nitrogen and oxygen atoms in total. The first kappa shape index (κ1) is 11.9. The van der Waals surface area contributed by atoms with Crippen molar-refractivity contribution in [3.63, 3.8) is 0 Å². The summed E-state index contributed by atoms with van der Waals surface area (Å²) in [7, 11) is 0. The fourth-order valence-electron chi connectivity index (χ4n) is 1.95. The molecule has 0 bridgehead atoms. The smallest absolute Gasteiger partial charge is 0.169 e. The highest BCUT2D eigenvalue weighted by Crippen LogP contribution is 2.36. The Bertz CT molecular complexity index is 746. The van der Waals surface area contributed by atoms with Crippen molar-refractivity contribution in [3.05, 3.63) is 53.2 Å². The van der Waals surface area contributed by atoms with Crippen molar-refractivity contribution < 1.29 is 14.3 Å². The molecule has 1 N–H and O–H groups in total. The Morgan fingerprint density at radius 1 is 1.11 bits per heavy atom. The van der Waals surface area contributed by atoms with Gasteiger partial charge in [0, 0.05) is 11.1 Å². The number of rotatable bonds is 2. The average Bonchev–Trinajstić information content (AvgIpc) is 2.74. The van der Waals surface area contributed by atoms with Gasteiger partial charge in [-0.05, 0) is 37.3 Å². The minimum atomic E-state index is 0.00437. The summed E-state index contributed by atoms with van der Waals surface area (Å²) < 4.78 is 11.3. The van der Waals surface area contributed by atoms with Crippen LogP contribution in [0, 0.1) is 6.92 Å². The van der Waals surface area contributed by atoms with Gasteiger partial charge in [-0.3, -0.25) is 0 Å². The number of hydrogen-bond acceptors (Lipinski definition) is 3. The van der Waals surface area contributed by atoms with Crippen molar-refractivity contribution in [2.75, 3.05) is 0 Å². The zero-order valence-corrected chi connectivity index (χ0v) is 10.9. The second-order valence-corrected chi connectivity index (χ2v) is 4.68. The lowest BCUT2D eigenvalue weighted by molar-refractivity contribution is 0.413. The van der Waals surface area contributed by atoms with Crippen molar-refractivity contribution in [2.45, 2.75) is 6.92 Å². The molecule has 0 atom stereocenters. The van der Waals surface area contributed by atoms with E-state index in [1.807, 2.05) is 31.2 Å². The Morgan fingerprint density at radius 2 is 1.95 bits per heavy atom. The molecule has 1 aromatic heterocycles. The normalized spacial score (nSPS) is 10.8. The number of furan rings is 1. The van der Waals surface area contributed by atoms with E-state index in [4.69, 9.17) is 20.8 Å². The van der Waals surface area contributed by atoms with Crippen molar-refractivity contribution >= 4 is 22.6 Å². The highest BCUT2D eigenvalue weighted by molar-refractivity contribution is 6.30. The maximum absolute atomic E-state index is 9.80. The van der Waals surface area contributed by atoms with Crippen LogP contribution in [0.25, 0.3) is 11.0 Å². The second kappa shape index (κ2) is 4.52. The maximum Gasteiger partial charge on any atom is 0.169 e. The van der Waals surface area contributed by atoms with Crippen LogP contribution in [0.4, 0.5) is 0 Å². The number of halogens is 1. The van der Waals surface area contributed by atoms with Gasteiger partial charge in [-0.25, -0.2) is 0 Å². The number of aryl methyl sites for hydroxylation is 1. The first-order valence-electron chi connectivity index (χ1n) is 5.79. The summed E-state index contributed by atoms with van der Waals surface area (Å²) in [6.07, 6.45) is 0. The lowest BCUT2D eigenvalue weighted by atomic mass is 10.2. The van der Waals surface area contributed by atoms with E-state index in [0.717, 1.165) is 16.7 Å². The molecule has 0 aliphatic rings. The molecule has 0 aliphatic carbocycles. The number of aromatic hydroxyl groups is 1. The first-order valence-corrected chi connectivity index (χ1v) is 6.17. The minimum Gasteiger partial charge on any atom is -0.504 e. The average molecular weight is 275 g/mol. The molecule has 3 aromatic rings. The summed E-state index contributed by atoms with van der Waals surface area (Å²) in [5.41, 5.74) is 0.753. The first-order chi connectivity index (χ1) is 9.13. The molecule has 1 heterocycles. The third kappa shape index (κ3) is 2.25. The van der Waals surface area contributed by atoms with E-state index < -0.39 is 0 Å². The summed E-state index contributed by atoms with van der Waals surface area (Å²) in [5.74, 6) is 1.80. The van der Waals surface area contributed by atoms with E-state index in [9.17, 15) is 5.11 Å². The fraction of sp³-hybridized carbons (Fsp3) is 0.0667. The molecule has 0 fully saturated rings. The highest BCUT2D eigenvalue weighted by Gasteiger charge is 2.10. The zero-order chi connectivity index (χ0) is 13.4. The van der Waals surface area contributed by atoms with E-state index in [1.165, 1.54) is 6.07 Å². The van der Waals surface area contributed by atoms with Crippen LogP contribution in [-0.4, -0.2) is 5.11 Å². The molecular weight excluding hydrogens is 264 g/mol. The minimum absolute atomic E-state index is 0.00437. The number of benzene rings is 2. The predicted octanol–water partition coefficient (Wildman–Crippen LogP) is 4.89. The van der Waals surface area contributed by atoms with Gasteiger partial charge in [0.25, 0.3) is 0 Å². The van der Waals surface area contributed by atoms with Crippen molar-refractivity contribution in [2.24, 2.45) is 0 Å². The summed E-state index contributed by atoms with van der Waals surface area (Å²) in [6.45, 7) is 1.88. The number of hydrogen-bond donors (Lipinski definition) is 1. The molecule has 0 saturated heterocycles. The predicted molar refractivity (Wildman–Crippen MR) is 74.1 cm³/mol. The Labute approximate surface area is 115 Å². The van der Waals surface area contributed by atoms with Crippen LogP contribution < -0.4 is 4.74 Å². The molecule has 0 unspecified atom stereocenters. The van der Waals surface area contributed by atoms with Crippen LogP contribution in [0.1, 0.15) is 5.76 Å². The number of phenols is 1. The summed E-state index contributed by atoms with van der Waals surface area (Å²) in [5, 5.41) is 11.1. The van der Waals surface area contributed by atoms with Gasteiger partial charge in [-0.2, -0.15) is 0 Å². The maximum atomic E-state index is 9.80. The third-order valence-corrected chi connectivity index (χ3v) is 3.02. The molecular formula is C15H11ClO3. The van der Waals surface area contributed by atoms with Crippen LogP contribution in [0.2, 0.25) is 5.02 Å². The van der Waals surface area contributed by atoms with E-state index >= 15 is 0 Å². The van der Waals surface area contributed by atoms with Gasteiger partial charge in [0.2, 0.25) is 0 Å². The molecule has 96 valence electrons. The van der Waals surface area contributed by atoms with Crippen molar-refractivity contribution in [1.82, 2.24) is 0 Å². The summed E-state index contributed by atoms with van der Waals surface area (Å²) in [6, 6.07) is 12.2. The molecule has 0 radical (unpaired) electrons. The molecule has 19 heavy (non-hydrogen) atoms. The molecule has 2 aromatic carbocycles. The Balaban J connectivity index is 2.05. The lowest BCUT2D eigenvalue weighted by Gasteiger charge is -2.08. The van der Waals surface area contributed by atoms with Crippen molar-refractivity contribution in [1.29, 1.82) is 0 Å². The summed E-state index contributed by atoms with van der Waals surface area (Å²) >= 11 is 5.79. The quantitative estimate of drug-likeness (QED) is 0.723. The van der Waals surface area contributed by atoms with Crippen molar-refractivity contribution in [3.8, 4) is 17.2 Å². The van der Waals surface area contributed by atoms with Gasteiger partial charge in [-0.15, -0.1) is 0 Å². The molecule has 0 saturated carbocycles. The third-order valence-electron chi connectivity index (χ3n) is 2.79. The van der Waals surface area contributed by atoms with Gasteiger partial charge in [-0.1, -0.05) is 17.7 Å². The van der Waals surface area contributed by atoms with E-state index in [1.54, 1.807) is 12.1 Å². The number of phenolic OH excluding ortho intramolecular Hbond substituents is 1. The number of fused-ring (bicyclic) bond motifs is 1. The van der Waals surface area contributed by atoms with Gasteiger partial charge in [0.15, 0.2) is 11.5 Å². The standard InChI is InChI=1S/C15H11ClO3/c1-9-7-11-13(18-9)3-2-4-14(11)19-15-6-5-10(16)8-12(15)17/h2-8,17H,1H3. The van der Waals surface area contributed by atoms with Crippen LogP contribution in [0.3, 0.4) is 0 Å². The van der Waals surface area contributed by atoms with E-state index in [-0.39, 0.29) is 5.75 Å². The van der Waals surface area contributed by atoms with Crippen LogP contribution in [0.5, 0.6) is 17.2 Å². The van der Waals surface area contributed by atoms with Gasteiger partial charge < -0.3 is 14.3 Å². The lowest BCUT2D eigenvalue weighted by Crippen LogP contribution is -1.85. The highest BCUT2D eigenvalue weighted by atomic mass is 35.5. The van der Waals surface area contributed by atoms with Crippen LogP contribution >= 0.6 is 11.6 Å². The second-order valence-electron chi connectivity index (χ2n) is 4.24. The largest absolute Gasteiger partial charge is 0.504 e. The van der Waals surface area contributed by atoms with E-state index in [2.05, 4.69) is 0 Å². The Morgan fingerprint density at radius 3 is 2.74 bits per heavy atom. The Hall–Kier alpha value is -2.13. The van der Waals surface area contributed by atoms with E-state index in [0.29, 0.717) is 16.5 Å². The Kier molecular flexibility index (Phi) is 2.84. The molecule has 0 aliphatic heterocycles. The summed E-state index contributed by atoms with van der Waals surface area (Å²) in [4.78, 5) is 0. The SMILES string of the molecule is Cc1cc2c(Oc3ccc(Cl)cc3O)cccc2o1. The molecule has 0 amide bonds. The van der Waals surface area contributed by atoms with Gasteiger partial charge >= 0.3 is 0 Å². The van der Waals surface area contributed by atoms with Crippen LogP contribution in [0.15, 0.2) is 46.9 Å². The fourth-order valence-corrected chi connectivity index (χ4v) is 2.11. The zero-order valence-electron chi connectivity index (χ0n) is 10.2. The monoisotopic (exact) mass is 274 g/mol. The topological polar surface area (TPSA) is 42.6 Å². The molecule has 0 spiro atoms. The van der Waals surface area contributed by atoms with Gasteiger partial charge in [0.1, 0.15) is 17.1 Å². The molecule has 3 rings (SSSR count). The molecule has 4 heteroatoms. The number of ether oxygens (including phenoxy) is 1. The van der Waals surface area contributed by atoms with Gasteiger partial charge in [0.05, 0.1) is 5.39 Å².